The van der Waals surface area contributed by atoms with Gasteiger partial charge in [0.2, 0.25) is 0 Å². The highest BCUT2D eigenvalue weighted by Crippen LogP contribution is 2.37. The standard InChI is InChI=1S/C16H12O7/c17-6-8-4-13-14(16(22)15(8)21)11(20)5-12(23-13)7-1-2-9(18)10(19)3-7/h1-5,17-19,21-22H,6H2. The fourth-order valence-corrected chi connectivity index (χ4v) is 2.28. The molecule has 1 aromatic heterocycles. The highest BCUT2D eigenvalue weighted by molar-refractivity contribution is 5.88. The normalized spacial score (nSPS) is 11.0. The van der Waals surface area contributed by atoms with Gasteiger partial charge in [0.25, 0.3) is 0 Å². The van der Waals surface area contributed by atoms with Crippen LogP contribution in [-0.2, 0) is 6.61 Å². The maximum absolute atomic E-state index is 12.2. The van der Waals surface area contributed by atoms with E-state index in [1.165, 1.54) is 24.3 Å². The molecule has 3 aromatic rings. The van der Waals surface area contributed by atoms with Crippen molar-refractivity contribution in [3.8, 4) is 34.3 Å². The van der Waals surface area contributed by atoms with Crippen LogP contribution in [0.3, 0.4) is 0 Å². The maximum Gasteiger partial charge on any atom is 0.197 e. The van der Waals surface area contributed by atoms with Crippen molar-refractivity contribution in [3.63, 3.8) is 0 Å². The lowest BCUT2D eigenvalue weighted by Crippen LogP contribution is -2.02. The summed E-state index contributed by atoms with van der Waals surface area (Å²) in [5, 5.41) is 47.4. The number of hydrogen-bond acceptors (Lipinski definition) is 7. The average Bonchev–Trinajstić information content (AvgIpc) is 2.52. The summed E-state index contributed by atoms with van der Waals surface area (Å²) in [7, 11) is 0. The first kappa shape index (κ1) is 14.7. The van der Waals surface area contributed by atoms with Crippen molar-refractivity contribution in [1.29, 1.82) is 0 Å². The molecule has 0 fully saturated rings. The van der Waals surface area contributed by atoms with Crippen LogP contribution in [0, 0.1) is 0 Å². The molecule has 1 heterocycles. The summed E-state index contributed by atoms with van der Waals surface area (Å²) in [6.45, 7) is -0.552. The molecule has 2 aromatic carbocycles. The third kappa shape index (κ3) is 2.33. The molecule has 0 aliphatic carbocycles. The third-order valence-corrected chi connectivity index (χ3v) is 3.48. The van der Waals surface area contributed by atoms with E-state index in [0.717, 1.165) is 6.07 Å². The second-order valence-electron chi connectivity index (χ2n) is 4.94. The number of hydrogen-bond donors (Lipinski definition) is 5. The Morgan fingerprint density at radius 3 is 2.30 bits per heavy atom. The molecule has 0 saturated carbocycles. The van der Waals surface area contributed by atoms with Gasteiger partial charge >= 0.3 is 0 Å². The molecule has 7 heteroatoms. The molecule has 0 bridgehead atoms. The Bertz CT molecular complexity index is 972. The van der Waals surface area contributed by atoms with Crippen LogP contribution in [0.25, 0.3) is 22.3 Å². The molecule has 7 nitrogen and oxygen atoms in total. The lowest BCUT2D eigenvalue weighted by molar-refractivity contribution is 0.273. The van der Waals surface area contributed by atoms with E-state index in [2.05, 4.69) is 0 Å². The van der Waals surface area contributed by atoms with Crippen LogP contribution in [0.2, 0.25) is 0 Å². The van der Waals surface area contributed by atoms with Crippen molar-refractivity contribution in [1.82, 2.24) is 0 Å². The van der Waals surface area contributed by atoms with Crippen molar-refractivity contribution in [2.75, 3.05) is 0 Å². The summed E-state index contributed by atoms with van der Waals surface area (Å²) in [5.41, 5.74) is -0.299. The third-order valence-electron chi connectivity index (χ3n) is 3.48. The van der Waals surface area contributed by atoms with Gasteiger partial charge < -0.3 is 29.9 Å². The van der Waals surface area contributed by atoms with Crippen molar-refractivity contribution in [2.24, 2.45) is 0 Å². The molecule has 0 saturated heterocycles. The van der Waals surface area contributed by atoms with Gasteiger partial charge in [0, 0.05) is 17.2 Å². The van der Waals surface area contributed by atoms with Gasteiger partial charge in [-0.25, -0.2) is 0 Å². The van der Waals surface area contributed by atoms with Crippen LogP contribution in [0.1, 0.15) is 5.56 Å². The van der Waals surface area contributed by atoms with Crippen LogP contribution in [0.5, 0.6) is 23.0 Å². The Morgan fingerprint density at radius 1 is 0.913 bits per heavy atom. The largest absolute Gasteiger partial charge is 0.504 e. The Labute approximate surface area is 128 Å². The predicted octanol–water partition coefficient (Wildman–Crippen LogP) is 1.77. The number of aliphatic hydroxyl groups is 1. The van der Waals surface area contributed by atoms with Crippen molar-refractivity contribution >= 4 is 11.0 Å². The summed E-state index contributed by atoms with van der Waals surface area (Å²) in [6.07, 6.45) is 0. The molecule has 0 radical (unpaired) electrons. The summed E-state index contributed by atoms with van der Waals surface area (Å²) in [6, 6.07) is 6.23. The van der Waals surface area contributed by atoms with Gasteiger partial charge in [-0.05, 0) is 24.3 Å². The smallest absolute Gasteiger partial charge is 0.197 e. The molecule has 0 aliphatic rings. The molecule has 23 heavy (non-hydrogen) atoms. The summed E-state index contributed by atoms with van der Waals surface area (Å²) in [4.78, 5) is 12.2. The Kier molecular flexibility index (Phi) is 3.34. The van der Waals surface area contributed by atoms with Crippen LogP contribution in [0.15, 0.2) is 39.5 Å². The molecule has 0 spiro atoms. The average molecular weight is 316 g/mol. The number of aromatic hydroxyl groups is 4. The minimum absolute atomic E-state index is 0.00357. The van der Waals surface area contributed by atoms with Gasteiger partial charge in [0.1, 0.15) is 16.7 Å². The van der Waals surface area contributed by atoms with E-state index in [9.17, 15) is 30.3 Å². The molecular weight excluding hydrogens is 304 g/mol. The minimum atomic E-state index is -0.666. The van der Waals surface area contributed by atoms with E-state index in [1.807, 2.05) is 0 Å². The molecule has 0 atom stereocenters. The Morgan fingerprint density at radius 2 is 1.65 bits per heavy atom. The minimum Gasteiger partial charge on any atom is -0.504 e. The number of aliphatic hydroxyl groups excluding tert-OH is 1. The molecule has 5 N–H and O–H groups in total. The molecule has 3 rings (SSSR count). The molecule has 118 valence electrons. The predicted molar refractivity (Wildman–Crippen MR) is 80.5 cm³/mol. The summed E-state index contributed by atoms with van der Waals surface area (Å²) < 4.78 is 5.53. The second kappa shape index (κ2) is 5.22. The van der Waals surface area contributed by atoms with Gasteiger partial charge in [-0.1, -0.05) is 0 Å². The van der Waals surface area contributed by atoms with Gasteiger partial charge in [-0.15, -0.1) is 0 Å². The highest BCUT2D eigenvalue weighted by Gasteiger charge is 2.17. The van der Waals surface area contributed by atoms with E-state index in [0.29, 0.717) is 5.56 Å². The number of rotatable bonds is 2. The first-order valence-corrected chi connectivity index (χ1v) is 6.57. The number of phenols is 4. The van der Waals surface area contributed by atoms with E-state index >= 15 is 0 Å². The van der Waals surface area contributed by atoms with Crippen molar-refractivity contribution < 1.29 is 29.9 Å². The van der Waals surface area contributed by atoms with Gasteiger partial charge in [-0.2, -0.15) is 0 Å². The van der Waals surface area contributed by atoms with Gasteiger partial charge in [-0.3, -0.25) is 4.79 Å². The van der Waals surface area contributed by atoms with Crippen LogP contribution < -0.4 is 5.43 Å². The van der Waals surface area contributed by atoms with Crippen molar-refractivity contribution in [2.45, 2.75) is 6.61 Å². The SMILES string of the molecule is O=c1cc(-c2ccc(O)c(O)c2)oc2cc(CO)c(O)c(O)c12. The van der Waals surface area contributed by atoms with E-state index in [1.54, 1.807) is 0 Å². The van der Waals surface area contributed by atoms with Crippen LogP contribution >= 0.6 is 0 Å². The second-order valence-corrected chi connectivity index (χ2v) is 4.94. The fourth-order valence-electron chi connectivity index (χ4n) is 2.28. The zero-order valence-corrected chi connectivity index (χ0v) is 11.6. The first-order chi connectivity index (χ1) is 10.9. The van der Waals surface area contributed by atoms with Crippen LogP contribution in [0.4, 0.5) is 0 Å². The monoisotopic (exact) mass is 316 g/mol. The summed E-state index contributed by atoms with van der Waals surface area (Å²) in [5.74, 6) is -1.86. The van der Waals surface area contributed by atoms with E-state index in [4.69, 9.17) is 4.42 Å². The lowest BCUT2D eigenvalue weighted by atomic mass is 10.1. The topological polar surface area (TPSA) is 131 Å². The molecule has 0 amide bonds. The zero-order valence-electron chi connectivity index (χ0n) is 11.6. The summed E-state index contributed by atoms with van der Waals surface area (Å²) >= 11 is 0. The quantitative estimate of drug-likeness (QED) is 0.455. The Balaban J connectivity index is 2.31. The zero-order chi connectivity index (χ0) is 16.7. The number of phenolic OH excluding ortho intramolecular Hbond substituents is 3. The van der Waals surface area contributed by atoms with Crippen LogP contribution in [-0.4, -0.2) is 25.5 Å². The highest BCUT2D eigenvalue weighted by atomic mass is 16.3. The Hall–Kier alpha value is -3.19. The van der Waals surface area contributed by atoms with E-state index in [-0.39, 0.29) is 33.8 Å². The molecular formula is C16H12O7. The van der Waals surface area contributed by atoms with E-state index < -0.39 is 23.5 Å². The van der Waals surface area contributed by atoms with Gasteiger partial charge in [0.05, 0.1) is 6.61 Å². The molecule has 0 aliphatic heterocycles. The lowest BCUT2D eigenvalue weighted by Gasteiger charge is -2.09. The number of fused-ring (bicyclic) bond motifs is 1. The molecule has 0 unspecified atom stereocenters. The van der Waals surface area contributed by atoms with Crippen molar-refractivity contribution in [3.05, 3.63) is 46.1 Å². The first-order valence-electron chi connectivity index (χ1n) is 6.57. The maximum atomic E-state index is 12.2. The number of benzene rings is 2. The van der Waals surface area contributed by atoms with Gasteiger partial charge in [0.15, 0.2) is 28.4 Å². The fraction of sp³-hybridized carbons (Fsp3) is 0.0625.